The molecule has 0 atom stereocenters. The predicted octanol–water partition coefficient (Wildman–Crippen LogP) is 10.9. The molecule has 6 nitrogen and oxygen atoms in total. The van der Waals surface area contributed by atoms with Gasteiger partial charge in [-0.3, -0.25) is 4.98 Å². The quantitative estimate of drug-likeness (QED) is 0.197. The number of aromatic nitrogens is 4. The summed E-state index contributed by atoms with van der Waals surface area (Å²) in [5.74, 6) is 1.70. The molecule has 0 saturated carbocycles. The van der Waals surface area contributed by atoms with E-state index in [1.54, 1.807) is 6.20 Å². The molecule has 0 spiro atoms. The third kappa shape index (κ3) is 3.51. The summed E-state index contributed by atoms with van der Waals surface area (Å²) in [6.07, 6.45) is 1.78. The molecule has 10 aromatic rings. The van der Waals surface area contributed by atoms with Crippen molar-refractivity contribution in [3.63, 3.8) is 0 Å². The van der Waals surface area contributed by atoms with Gasteiger partial charge in [0, 0.05) is 33.7 Å². The minimum atomic E-state index is 0.546. The predicted molar refractivity (Wildman–Crippen MR) is 190 cm³/mol. The second-order valence-electron chi connectivity index (χ2n) is 12.2. The zero-order chi connectivity index (χ0) is 31.3. The van der Waals surface area contributed by atoms with Crippen molar-refractivity contribution >= 4 is 54.8 Å². The van der Waals surface area contributed by atoms with Gasteiger partial charge in [-0.25, -0.2) is 15.0 Å². The van der Waals surface area contributed by atoms with Crippen LogP contribution in [0.2, 0.25) is 0 Å². The lowest BCUT2D eigenvalue weighted by molar-refractivity contribution is 0.668. The van der Waals surface area contributed by atoms with Gasteiger partial charge in [0.1, 0.15) is 22.3 Å². The van der Waals surface area contributed by atoms with Crippen LogP contribution in [-0.4, -0.2) is 19.9 Å². The SMILES string of the molecule is c1ccc2c(c1)-c1cccc3cc(-c4nc(-c5cccc6oc7ccccc7c56)nc(-c5cccc6oc7cccnc7c56)n4)cc-2c13. The van der Waals surface area contributed by atoms with E-state index in [0.29, 0.717) is 17.5 Å². The summed E-state index contributed by atoms with van der Waals surface area (Å²) in [6.45, 7) is 0. The Hall–Kier alpha value is -6.66. The highest BCUT2D eigenvalue weighted by Crippen LogP contribution is 2.48. The van der Waals surface area contributed by atoms with Crippen molar-refractivity contribution in [1.82, 2.24) is 19.9 Å². The van der Waals surface area contributed by atoms with Gasteiger partial charge in [-0.1, -0.05) is 84.9 Å². The van der Waals surface area contributed by atoms with Crippen LogP contribution in [0.5, 0.6) is 0 Å². The van der Waals surface area contributed by atoms with Gasteiger partial charge in [0.25, 0.3) is 0 Å². The maximum Gasteiger partial charge on any atom is 0.164 e. The third-order valence-corrected chi connectivity index (χ3v) is 9.52. The summed E-state index contributed by atoms with van der Waals surface area (Å²) < 4.78 is 12.5. The average molecular weight is 615 g/mol. The van der Waals surface area contributed by atoms with Crippen LogP contribution in [0, 0.1) is 0 Å². The van der Waals surface area contributed by atoms with Gasteiger partial charge in [-0.15, -0.1) is 0 Å². The average Bonchev–Trinajstić information content (AvgIpc) is 3.82. The first-order valence-corrected chi connectivity index (χ1v) is 15.9. The number of hydrogen-bond donors (Lipinski definition) is 0. The Morgan fingerprint density at radius 3 is 1.85 bits per heavy atom. The number of pyridine rings is 1. The van der Waals surface area contributed by atoms with E-state index >= 15 is 0 Å². The van der Waals surface area contributed by atoms with E-state index in [1.165, 1.54) is 27.6 Å². The first kappa shape index (κ1) is 25.5. The van der Waals surface area contributed by atoms with Gasteiger partial charge in [0.15, 0.2) is 23.1 Å². The molecule has 0 unspecified atom stereocenters. The van der Waals surface area contributed by atoms with E-state index in [4.69, 9.17) is 28.8 Å². The van der Waals surface area contributed by atoms with Crippen molar-refractivity contribution in [2.45, 2.75) is 0 Å². The van der Waals surface area contributed by atoms with E-state index < -0.39 is 0 Å². The van der Waals surface area contributed by atoms with Crippen LogP contribution in [0.1, 0.15) is 0 Å². The maximum absolute atomic E-state index is 6.27. The van der Waals surface area contributed by atoms with Gasteiger partial charge in [-0.05, 0) is 75.5 Å². The summed E-state index contributed by atoms with van der Waals surface area (Å²) in [7, 11) is 0. The van der Waals surface area contributed by atoms with Crippen LogP contribution in [-0.2, 0) is 0 Å². The molecule has 6 heteroatoms. The summed E-state index contributed by atoms with van der Waals surface area (Å²) in [5.41, 5.74) is 11.4. The molecule has 11 rings (SSSR count). The van der Waals surface area contributed by atoms with Crippen molar-refractivity contribution in [1.29, 1.82) is 0 Å². The van der Waals surface area contributed by atoms with E-state index in [0.717, 1.165) is 66.1 Å². The molecule has 48 heavy (non-hydrogen) atoms. The molecule has 0 saturated heterocycles. The number of para-hydroxylation sites is 1. The van der Waals surface area contributed by atoms with Crippen LogP contribution in [0.15, 0.2) is 142 Å². The Balaban J connectivity index is 1.23. The van der Waals surface area contributed by atoms with E-state index in [9.17, 15) is 0 Å². The molecular formula is C42H22N4O2. The van der Waals surface area contributed by atoms with E-state index in [-0.39, 0.29) is 0 Å². The highest BCUT2D eigenvalue weighted by Gasteiger charge is 2.24. The zero-order valence-electron chi connectivity index (χ0n) is 25.3. The highest BCUT2D eigenvalue weighted by molar-refractivity contribution is 6.17. The minimum absolute atomic E-state index is 0.546. The van der Waals surface area contributed by atoms with Crippen molar-refractivity contribution in [3.05, 3.63) is 134 Å². The van der Waals surface area contributed by atoms with E-state index in [2.05, 4.69) is 66.7 Å². The van der Waals surface area contributed by atoms with Gasteiger partial charge in [0.2, 0.25) is 0 Å². The number of fused-ring (bicyclic) bond motifs is 9. The zero-order valence-corrected chi connectivity index (χ0v) is 25.3. The molecule has 1 aliphatic carbocycles. The fraction of sp³-hybridized carbons (Fsp3) is 0. The number of hydrogen-bond acceptors (Lipinski definition) is 6. The van der Waals surface area contributed by atoms with Crippen LogP contribution < -0.4 is 0 Å². The van der Waals surface area contributed by atoms with Gasteiger partial charge in [0.05, 0.1) is 5.39 Å². The topological polar surface area (TPSA) is 77.8 Å². The largest absolute Gasteiger partial charge is 0.456 e. The van der Waals surface area contributed by atoms with Crippen LogP contribution in [0.3, 0.4) is 0 Å². The first-order chi connectivity index (χ1) is 23.8. The lowest BCUT2D eigenvalue weighted by Crippen LogP contribution is -2.01. The smallest absolute Gasteiger partial charge is 0.164 e. The van der Waals surface area contributed by atoms with Crippen LogP contribution >= 0.6 is 0 Å². The van der Waals surface area contributed by atoms with Gasteiger partial charge < -0.3 is 8.83 Å². The lowest BCUT2D eigenvalue weighted by Gasteiger charge is -2.11. The van der Waals surface area contributed by atoms with Crippen molar-refractivity contribution in [2.75, 3.05) is 0 Å². The first-order valence-electron chi connectivity index (χ1n) is 15.9. The van der Waals surface area contributed by atoms with Crippen molar-refractivity contribution in [3.8, 4) is 56.4 Å². The fourth-order valence-electron chi connectivity index (χ4n) is 7.48. The summed E-state index contributed by atoms with van der Waals surface area (Å²) >= 11 is 0. The normalized spacial score (nSPS) is 12.2. The molecule has 0 bridgehead atoms. The lowest BCUT2D eigenvalue weighted by atomic mass is 9.99. The summed E-state index contributed by atoms with van der Waals surface area (Å²) in [4.78, 5) is 20.3. The summed E-state index contributed by atoms with van der Waals surface area (Å²) in [6, 6.07) is 43.4. The van der Waals surface area contributed by atoms with Crippen molar-refractivity contribution < 1.29 is 8.83 Å². The maximum atomic E-state index is 6.27. The van der Waals surface area contributed by atoms with Gasteiger partial charge >= 0.3 is 0 Å². The Morgan fingerprint density at radius 2 is 1.00 bits per heavy atom. The standard InChI is InChI=1S/C42H22N4O2/c1-2-11-26-25(10-1)27-13-5-9-23-21-24(22-31(26)36(23)27)40-44-41(29-14-6-17-33-37(29)28-12-3-4-16-32(28)47-33)46-42(45-40)30-15-7-18-34-38(30)39-35(48-34)19-8-20-43-39/h1-22H. The monoisotopic (exact) mass is 614 g/mol. The van der Waals surface area contributed by atoms with Crippen LogP contribution in [0.25, 0.3) is 111 Å². The molecule has 0 fully saturated rings. The van der Waals surface area contributed by atoms with Crippen molar-refractivity contribution in [2.24, 2.45) is 0 Å². The second kappa shape index (κ2) is 9.44. The second-order valence-corrected chi connectivity index (χ2v) is 12.2. The summed E-state index contributed by atoms with van der Waals surface area (Å²) in [5, 5.41) is 5.27. The van der Waals surface area contributed by atoms with E-state index in [1.807, 2.05) is 60.7 Å². The fourth-order valence-corrected chi connectivity index (χ4v) is 7.48. The minimum Gasteiger partial charge on any atom is -0.456 e. The number of furan rings is 2. The Labute approximate surface area is 273 Å². The highest BCUT2D eigenvalue weighted by atomic mass is 16.3. The molecular weight excluding hydrogens is 592 g/mol. The molecule has 6 aromatic carbocycles. The Morgan fingerprint density at radius 1 is 0.396 bits per heavy atom. The number of benzene rings is 6. The molecule has 222 valence electrons. The molecule has 0 amide bonds. The Bertz CT molecular complexity index is 2840. The number of rotatable bonds is 3. The molecule has 4 heterocycles. The molecule has 0 N–H and O–H groups in total. The van der Waals surface area contributed by atoms with Gasteiger partial charge in [-0.2, -0.15) is 0 Å². The molecule has 0 radical (unpaired) electrons. The third-order valence-electron chi connectivity index (χ3n) is 9.52. The molecule has 1 aliphatic rings. The molecule has 4 aromatic heterocycles. The Kier molecular flexibility index (Phi) is 5.02. The number of nitrogens with zero attached hydrogens (tertiary/aromatic N) is 4. The molecule has 0 aliphatic heterocycles. The van der Waals surface area contributed by atoms with Crippen LogP contribution in [0.4, 0.5) is 0 Å².